The van der Waals surface area contributed by atoms with Gasteiger partial charge in [-0.05, 0) is 24.7 Å². The summed E-state index contributed by atoms with van der Waals surface area (Å²) in [5, 5.41) is 0. The summed E-state index contributed by atoms with van der Waals surface area (Å²) in [4.78, 5) is 21.2. The van der Waals surface area contributed by atoms with Crippen molar-refractivity contribution in [2.24, 2.45) is 5.41 Å². The Morgan fingerprint density at radius 2 is 2.11 bits per heavy atom. The molecule has 2 heterocycles. The maximum atomic E-state index is 11.6. The number of aromatic nitrogens is 2. The molecule has 18 heavy (non-hydrogen) atoms. The van der Waals surface area contributed by atoms with Crippen LogP contribution in [0.3, 0.4) is 0 Å². The van der Waals surface area contributed by atoms with Crippen LogP contribution in [0.4, 0.5) is 5.82 Å². The van der Waals surface area contributed by atoms with Gasteiger partial charge in [0.1, 0.15) is 11.6 Å². The maximum Gasteiger partial charge on any atom is 0.252 e. The third-order valence-electron chi connectivity index (χ3n) is 4.37. The van der Waals surface area contributed by atoms with Gasteiger partial charge < -0.3 is 9.88 Å². The zero-order chi connectivity index (χ0) is 13.2. The average Bonchev–Trinajstić information content (AvgIpc) is 2.83. The van der Waals surface area contributed by atoms with Crippen molar-refractivity contribution in [3.8, 4) is 0 Å². The Hall–Kier alpha value is -1.32. The first kappa shape index (κ1) is 13.1. The predicted molar refractivity (Wildman–Crippen MR) is 74.1 cm³/mol. The van der Waals surface area contributed by atoms with E-state index >= 15 is 0 Å². The van der Waals surface area contributed by atoms with Crippen LogP contribution in [0, 0.1) is 5.41 Å². The molecule has 1 N–H and O–H groups in total. The number of anilines is 1. The monoisotopic (exact) mass is 249 g/mol. The molecule has 0 radical (unpaired) electrons. The lowest BCUT2D eigenvalue weighted by atomic mass is 9.82. The van der Waals surface area contributed by atoms with Crippen molar-refractivity contribution in [2.75, 3.05) is 18.0 Å². The van der Waals surface area contributed by atoms with Crippen molar-refractivity contribution < 1.29 is 0 Å². The summed E-state index contributed by atoms with van der Waals surface area (Å²) in [5.74, 6) is 1.63. The van der Waals surface area contributed by atoms with Gasteiger partial charge in [-0.1, -0.05) is 20.8 Å². The highest BCUT2D eigenvalue weighted by atomic mass is 16.1. The van der Waals surface area contributed by atoms with E-state index in [1.165, 1.54) is 19.3 Å². The lowest BCUT2D eigenvalue weighted by molar-refractivity contribution is 0.301. The van der Waals surface area contributed by atoms with E-state index in [2.05, 4.69) is 28.7 Å². The molecule has 0 spiro atoms. The normalized spacial score (nSPS) is 18.3. The van der Waals surface area contributed by atoms with Crippen LogP contribution >= 0.6 is 0 Å². The quantitative estimate of drug-likeness (QED) is 0.891. The smallest absolute Gasteiger partial charge is 0.252 e. The fourth-order valence-corrected chi connectivity index (χ4v) is 2.78. The minimum atomic E-state index is -0.0395. The highest BCUT2D eigenvalue weighted by Crippen LogP contribution is 2.38. The first-order valence-electron chi connectivity index (χ1n) is 6.97. The Morgan fingerprint density at radius 3 is 2.67 bits per heavy atom. The molecular formula is C14H23N3O. The van der Waals surface area contributed by atoms with E-state index < -0.39 is 0 Å². The molecule has 0 aliphatic carbocycles. The Kier molecular flexibility index (Phi) is 3.73. The van der Waals surface area contributed by atoms with Crippen LogP contribution < -0.4 is 10.5 Å². The van der Waals surface area contributed by atoms with Crippen molar-refractivity contribution in [2.45, 2.75) is 46.5 Å². The molecule has 0 unspecified atom stereocenters. The molecule has 1 aliphatic heterocycles. The molecule has 100 valence electrons. The molecular weight excluding hydrogens is 226 g/mol. The van der Waals surface area contributed by atoms with Gasteiger partial charge in [-0.2, -0.15) is 0 Å². The van der Waals surface area contributed by atoms with Crippen LogP contribution in [0.2, 0.25) is 0 Å². The Balaban J connectivity index is 2.24. The topological polar surface area (TPSA) is 49.0 Å². The standard InChI is InChI=1S/C14H23N3O/c1-4-11-15-12(9-13(18)16-11)17-8-7-14(5-2,6-3)10-17/h9H,4-8,10H2,1-3H3,(H,15,16,18). The van der Waals surface area contributed by atoms with Crippen molar-refractivity contribution in [3.05, 3.63) is 22.2 Å². The summed E-state index contributed by atoms with van der Waals surface area (Å²) >= 11 is 0. The van der Waals surface area contributed by atoms with E-state index in [1.807, 2.05) is 6.92 Å². The number of rotatable bonds is 4. The van der Waals surface area contributed by atoms with Gasteiger partial charge >= 0.3 is 0 Å². The van der Waals surface area contributed by atoms with Gasteiger partial charge in [0, 0.05) is 25.6 Å². The number of nitrogens with zero attached hydrogens (tertiary/aromatic N) is 2. The third-order valence-corrected chi connectivity index (χ3v) is 4.37. The molecule has 0 bridgehead atoms. The number of nitrogens with one attached hydrogen (secondary N) is 1. The SMILES string of the molecule is CCc1nc(N2CCC(CC)(CC)C2)cc(=O)[nH]1. The predicted octanol–water partition coefficient (Wildman–Crippen LogP) is 2.35. The molecule has 1 fully saturated rings. The first-order chi connectivity index (χ1) is 8.62. The van der Waals surface area contributed by atoms with E-state index in [9.17, 15) is 4.79 Å². The molecule has 1 aromatic heterocycles. The van der Waals surface area contributed by atoms with Crippen LogP contribution in [-0.2, 0) is 6.42 Å². The largest absolute Gasteiger partial charge is 0.356 e. The molecule has 0 amide bonds. The van der Waals surface area contributed by atoms with Gasteiger partial charge in [-0.15, -0.1) is 0 Å². The molecule has 2 rings (SSSR count). The number of aryl methyl sites for hydroxylation is 1. The van der Waals surface area contributed by atoms with E-state index in [4.69, 9.17) is 0 Å². The molecule has 4 heteroatoms. The first-order valence-corrected chi connectivity index (χ1v) is 6.97. The summed E-state index contributed by atoms with van der Waals surface area (Å²) in [5.41, 5.74) is 0.374. The molecule has 1 aromatic rings. The second kappa shape index (κ2) is 5.12. The maximum absolute atomic E-state index is 11.6. The average molecular weight is 249 g/mol. The minimum Gasteiger partial charge on any atom is -0.356 e. The molecule has 4 nitrogen and oxygen atoms in total. The number of H-pyrrole nitrogens is 1. The zero-order valence-corrected chi connectivity index (χ0v) is 11.6. The van der Waals surface area contributed by atoms with Gasteiger partial charge in [-0.25, -0.2) is 4.98 Å². The number of aromatic amines is 1. The van der Waals surface area contributed by atoms with E-state index in [0.29, 0.717) is 5.41 Å². The van der Waals surface area contributed by atoms with Gasteiger partial charge in [0.05, 0.1) is 0 Å². The second-order valence-electron chi connectivity index (χ2n) is 5.28. The van der Waals surface area contributed by atoms with E-state index in [0.717, 1.165) is 31.2 Å². The summed E-state index contributed by atoms with van der Waals surface area (Å²) in [6, 6.07) is 1.63. The summed E-state index contributed by atoms with van der Waals surface area (Å²) < 4.78 is 0. The van der Waals surface area contributed by atoms with Crippen LogP contribution in [0.25, 0.3) is 0 Å². The second-order valence-corrected chi connectivity index (χ2v) is 5.28. The van der Waals surface area contributed by atoms with Crippen molar-refractivity contribution >= 4 is 5.82 Å². The summed E-state index contributed by atoms with van der Waals surface area (Å²) in [6.45, 7) is 8.57. The Bertz CT molecular complexity index is 462. The molecule has 0 saturated carbocycles. The Labute approximate surface area is 108 Å². The zero-order valence-electron chi connectivity index (χ0n) is 11.6. The lowest BCUT2D eigenvalue weighted by Crippen LogP contribution is -2.28. The van der Waals surface area contributed by atoms with Crippen LogP contribution in [0.1, 0.15) is 45.9 Å². The fourth-order valence-electron chi connectivity index (χ4n) is 2.78. The van der Waals surface area contributed by atoms with Gasteiger partial charge in [0.15, 0.2) is 0 Å². The molecule has 0 aromatic carbocycles. The molecule has 0 atom stereocenters. The molecule has 1 aliphatic rings. The number of hydrogen-bond acceptors (Lipinski definition) is 3. The van der Waals surface area contributed by atoms with Crippen LogP contribution in [0.15, 0.2) is 10.9 Å². The highest BCUT2D eigenvalue weighted by Gasteiger charge is 2.35. The summed E-state index contributed by atoms with van der Waals surface area (Å²) in [7, 11) is 0. The molecule has 1 saturated heterocycles. The van der Waals surface area contributed by atoms with Crippen LogP contribution in [-0.4, -0.2) is 23.1 Å². The fraction of sp³-hybridized carbons (Fsp3) is 0.714. The van der Waals surface area contributed by atoms with E-state index in [1.54, 1.807) is 6.07 Å². The van der Waals surface area contributed by atoms with Gasteiger partial charge in [-0.3, -0.25) is 4.79 Å². The summed E-state index contributed by atoms with van der Waals surface area (Å²) in [6.07, 6.45) is 4.37. The minimum absolute atomic E-state index is 0.0395. The van der Waals surface area contributed by atoms with Crippen molar-refractivity contribution in [1.29, 1.82) is 0 Å². The van der Waals surface area contributed by atoms with Crippen molar-refractivity contribution in [3.63, 3.8) is 0 Å². The third kappa shape index (κ3) is 2.42. The van der Waals surface area contributed by atoms with E-state index in [-0.39, 0.29) is 5.56 Å². The Morgan fingerprint density at radius 1 is 1.39 bits per heavy atom. The number of hydrogen-bond donors (Lipinski definition) is 1. The highest BCUT2D eigenvalue weighted by molar-refractivity contribution is 5.39. The van der Waals surface area contributed by atoms with Gasteiger partial charge in [0.2, 0.25) is 0 Å². The van der Waals surface area contributed by atoms with Crippen molar-refractivity contribution in [1.82, 2.24) is 9.97 Å². The van der Waals surface area contributed by atoms with Crippen LogP contribution in [0.5, 0.6) is 0 Å². The lowest BCUT2D eigenvalue weighted by Gasteiger charge is -2.26. The van der Waals surface area contributed by atoms with Gasteiger partial charge in [0.25, 0.3) is 5.56 Å².